The molecule has 1 N–H and O–H groups in total. The van der Waals surface area contributed by atoms with Crippen LogP contribution in [0.25, 0.3) is 6.08 Å². The molecule has 0 aliphatic rings. The molecule has 6 heteroatoms. The molecular formula is C24H23FN2O3. The van der Waals surface area contributed by atoms with Crippen molar-refractivity contribution in [2.45, 2.75) is 19.6 Å². The van der Waals surface area contributed by atoms with Crippen LogP contribution in [-0.2, 0) is 11.4 Å². The van der Waals surface area contributed by atoms with Crippen LogP contribution in [-0.4, -0.2) is 18.0 Å². The maximum absolute atomic E-state index is 13.8. The van der Waals surface area contributed by atoms with E-state index < -0.39 is 5.82 Å². The number of pyridine rings is 1. The molecule has 0 aliphatic heterocycles. The third-order valence-electron chi connectivity index (χ3n) is 4.45. The lowest BCUT2D eigenvalue weighted by molar-refractivity contribution is -0.117. The van der Waals surface area contributed by atoms with Gasteiger partial charge in [-0.15, -0.1) is 0 Å². The summed E-state index contributed by atoms with van der Waals surface area (Å²) >= 11 is 0. The zero-order chi connectivity index (χ0) is 21.3. The number of ether oxygens (including phenoxy) is 2. The van der Waals surface area contributed by atoms with Gasteiger partial charge in [0.05, 0.1) is 18.8 Å². The standard InChI is InChI=1S/C24H23FN2O3/c1-17(19-9-12-23(29-2)22(25)15-19)27-24(28)13-8-18-6-10-21(11-7-18)30-16-20-5-3-4-14-26-20/h3-15,17H,16H2,1-2H3,(H,27,28)/b13-8+. The molecule has 1 amide bonds. The van der Waals surface area contributed by atoms with E-state index in [4.69, 9.17) is 9.47 Å². The van der Waals surface area contributed by atoms with E-state index in [0.29, 0.717) is 12.2 Å². The molecule has 30 heavy (non-hydrogen) atoms. The van der Waals surface area contributed by atoms with E-state index in [0.717, 1.165) is 17.0 Å². The molecule has 0 aliphatic carbocycles. The number of nitrogens with one attached hydrogen (secondary N) is 1. The van der Waals surface area contributed by atoms with Crippen molar-refractivity contribution in [2.24, 2.45) is 0 Å². The second-order valence-electron chi connectivity index (χ2n) is 6.64. The second kappa shape index (κ2) is 10.2. The predicted molar refractivity (Wildman–Crippen MR) is 114 cm³/mol. The summed E-state index contributed by atoms with van der Waals surface area (Å²) in [6, 6.07) is 17.3. The van der Waals surface area contributed by atoms with Gasteiger partial charge in [-0.25, -0.2) is 4.39 Å². The molecule has 0 saturated heterocycles. The number of rotatable bonds is 8. The zero-order valence-corrected chi connectivity index (χ0v) is 16.8. The average Bonchev–Trinajstić information content (AvgIpc) is 2.77. The van der Waals surface area contributed by atoms with Gasteiger partial charge in [-0.1, -0.05) is 24.3 Å². The molecule has 0 saturated carbocycles. The van der Waals surface area contributed by atoms with E-state index >= 15 is 0 Å². The van der Waals surface area contributed by atoms with Crippen molar-refractivity contribution in [3.05, 3.63) is 95.6 Å². The third kappa shape index (κ3) is 5.91. The normalized spacial score (nSPS) is 11.8. The second-order valence-corrected chi connectivity index (χ2v) is 6.64. The number of halogens is 1. The van der Waals surface area contributed by atoms with Crippen LogP contribution in [0.3, 0.4) is 0 Å². The summed E-state index contributed by atoms with van der Waals surface area (Å²) in [6.07, 6.45) is 4.88. The van der Waals surface area contributed by atoms with E-state index in [9.17, 15) is 9.18 Å². The van der Waals surface area contributed by atoms with Gasteiger partial charge in [-0.2, -0.15) is 0 Å². The zero-order valence-electron chi connectivity index (χ0n) is 16.8. The van der Waals surface area contributed by atoms with E-state index in [1.165, 1.54) is 19.3 Å². The summed E-state index contributed by atoms with van der Waals surface area (Å²) in [6.45, 7) is 2.18. The Kier molecular flexibility index (Phi) is 7.16. The molecule has 3 aromatic rings. The Labute approximate surface area is 175 Å². The molecule has 0 fully saturated rings. The highest BCUT2D eigenvalue weighted by molar-refractivity contribution is 5.92. The van der Waals surface area contributed by atoms with Gasteiger partial charge < -0.3 is 14.8 Å². The molecule has 2 aromatic carbocycles. The summed E-state index contributed by atoms with van der Waals surface area (Å²) < 4.78 is 24.4. The van der Waals surface area contributed by atoms with Crippen LogP contribution in [0.5, 0.6) is 11.5 Å². The number of benzene rings is 2. The lowest BCUT2D eigenvalue weighted by atomic mass is 10.1. The highest BCUT2D eigenvalue weighted by Crippen LogP contribution is 2.21. The molecule has 1 aromatic heterocycles. The summed E-state index contributed by atoms with van der Waals surface area (Å²) in [7, 11) is 1.41. The Hall–Kier alpha value is -3.67. The molecule has 0 spiro atoms. The number of carbonyl (C=O) groups is 1. The topological polar surface area (TPSA) is 60.5 Å². The monoisotopic (exact) mass is 406 g/mol. The van der Waals surface area contributed by atoms with Crippen LogP contribution in [0.4, 0.5) is 4.39 Å². The van der Waals surface area contributed by atoms with E-state index in [2.05, 4.69) is 10.3 Å². The minimum Gasteiger partial charge on any atom is -0.494 e. The van der Waals surface area contributed by atoms with Gasteiger partial charge >= 0.3 is 0 Å². The van der Waals surface area contributed by atoms with Gasteiger partial charge in [0.25, 0.3) is 0 Å². The van der Waals surface area contributed by atoms with Crippen molar-refractivity contribution < 1.29 is 18.7 Å². The average molecular weight is 406 g/mol. The highest BCUT2D eigenvalue weighted by atomic mass is 19.1. The maximum Gasteiger partial charge on any atom is 0.244 e. The Bertz CT molecular complexity index is 1000. The number of carbonyl (C=O) groups excluding carboxylic acids is 1. The predicted octanol–water partition coefficient (Wildman–Crippen LogP) is 4.70. The summed E-state index contributed by atoms with van der Waals surface area (Å²) in [4.78, 5) is 16.4. The molecule has 3 rings (SSSR count). The van der Waals surface area contributed by atoms with Crippen molar-refractivity contribution in [3.63, 3.8) is 0 Å². The maximum atomic E-state index is 13.8. The first-order chi connectivity index (χ1) is 14.5. The van der Waals surface area contributed by atoms with Crippen molar-refractivity contribution in [1.82, 2.24) is 10.3 Å². The molecule has 154 valence electrons. The Balaban J connectivity index is 1.52. The van der Waals surface area contributed by atoms with Gasteiger partial charge in [-0.3, -0.25) is 9.78 Å². The molecule has 5 nitrogen and oxygen atoms in total. The van der Waals surface area contributed by atoms with E-state index in [-0.39, 0.29) is 17.7 Å². The SMILES string of the molecule is COc1ccc(C(C)NC(=O)/C=C/c2ccc(OCc3ccccn3)cc2)cc1F. The summed E-state index contributed by atoms with van der Waals surface area (Å²) in [5.74, 6) is 0.160. The van der Waals surface area contributed by atoms with Gasteiger partial charge in [-0.05, 0) is 60.5 Å². The molecular weight excluding hydrogens is 383 g/mol. The first-order valence-corrected chi connectivity index (χ1v) is 9.50. The van der Waals surface area contributed by atoms with Crippen molar-refractivity contribution >= 4 is 12.0 Å². The van der Waals surface area contributed by atoms with Crippen molar-refractivity contribution in [2.75, 3.05) is 7.11 Å². The summed E-state index contributed by atoms with van der Waals surface area (Å²) in [5, 5.41) is 2.82. The first kappa shape index (κ1) is 21.0. The van der Waals surface area contributed by atoms with Crippen LogP contribution in [0.2, 0.25) is 0 Å². The number of hydrogen-bond acceptors (Lipinski definition) is 4. The molecule has 1 heterocycles. The Morgan fingerprint density at radius 3 is 2.63 bits per heavy atom. The Morgan fingerprint density at radius 2 is 1.97 bits per heavy atom. The number of hydrogen-bond donors (Lipinski definition) is 1. The fourth-order valence-corrected chi connectivity index (χ4v) is 2.78. The lowest BCUT2D eigenvalue weighted by Gasteiger charge is -2.14. The van der Waals surface area contributed by atoms with E-state index in [1.807, 2.05) is 42.5 Å². The van der Waals surface area contributed by atoms with Gasteiger partial charge in [0.2, 0.25) is 5.91 Å². The third-order valence-corrected chi connectivity index (χ3v) is 4.45. The number of aromatic nitrogens is 1. The summed E-state index contributed by atoms with van der Waals surface area (Å²) in [5.41, 5.74) is 2.37. The van der Waals surface area contributed by atoms with Crippen LogP contribution < -0.4 is 14.8 Å². The lowest BCUT2D eigenvalue weighted by Crippen LogP contribution is -2.24. The minimum absolute atomic E-state index is 0.171. The molecule has 0 bridgehead atoms. The van der Waals surface area contributed by atoms with Crippen LogP contribution in [0.15, 0.2) is 72.9 Å². The Morgan fingerprint density at radius 1 is 1.17 bits per heavy atom. The van der Waals surface area contributed by atoms with E-state index in [1.54, 1.807) is 31.3 Å². The minimum atomic E-state index is -0.461. The van der Waals surface area contributed by atoms with Gasteiger partial charge in [0.1, 0.15) is 12.4 Å². The highest BCUT2D eigenvalue weighted by Gasteiger charge is 2.11. The fraction of sp³-hybridized carbons (Fsp3) is 0.167. The molecule has 0 radical (unpaired) electrons. The molecule has 1 unspecified atom stereocenters. The number of amides is 1. The van der Waals surface area contributed by atoms with Crippen molar-refractivity contribution in [3.8, 4) is 11.5 Å². The quantitative estimate of drug-likeness (QED) is 0.551. The first-order valence-electron chi connectivity index (χ1n) is 9.50. The van der Waals surface area contributed by atoms with Gasteiger partial charge in [0.15, 0.2) is 11.6 Å². The van der Waals surface area contributed by atoms with Gasteiger partial charge in [0, 0.05) is 12.3 Å². The largest absolute Gasteiger partial charge is 0.494 e. The van der Waals surface area contributed by atoms with Crippen LogP contribution in [0.1, 0.15) is 29.8 Å². The number of nitrogens with zero attached hydrogens (tertiary/aromatic N) is 1. The number of methoxy groups -OCH3 is 1. The molecule has 1 atom stereocenters. The van der Waals surface area contributed by atoms with Crippen LogP contribution in [0, 0.1) is 5.82 Å². The fourth-order valence-electron chi connectivity index (χ4n) is 2.78. The van der Waals surface area contributed by atoms with Crippen LogP contribution >= 0.6 is 0 Å². The van der Waals surface area contributed by atoms with Crippen molar-refractivity contribution in [1.29, 1.82) is 0 Å². The smallest absolute Gasteiger partial charge is 0.244 e.